The second-order valence-electron chi connectivity index (χ2n) is 7.27. The second kappa shape index (κ2) is 7.49. The minimum atomic E-state index is -0.693. The zero-order valence-corrected chi connectivity index (χ0v) is 16.4. The largest absolute Gasteiger partial charge is 0.380 e. The van der Waals surface area contributed by atoms with E-state index in [-0.39, 0.29) is 11.4 Å². The fraction of sp³-hybridized carbons (Fsp3) is 0.286. The molecule has 154 valence electrons. The van der Waals surface area contributed by atoms with Crippen LogP contribution in [0.4, 0.5) is 26.0 Å². The highest BCUT2D eigenvalue weighted by molar-refractivity contribution is 6.13. The number of aromatic nitrogens is 3. The molecule has 2 aliphatic rings. The predicted octanol–water partition coefficient (Wildman–Crippen LogP) is 3.79. The van der Waals surface area contributed by atoms with Gasteiger partial charge in [-0.15, -0.1) is 0 Å². The fourth-order valence-electron chi connectivity index (χ4n) is 3.75. The number of aromatic amines is 1. The molecule has 0 radical (unpaired) electrons. The van der Waals surface area contributed by atoms with E-state index in [0.29, 0.717) is 29.4 Å². The van der Waals surface area contributed by atoms with Crippen LogP contribution in [0.25, 0.3) is 11.3 Å². The smallest absolute Gasteiger partial charge is 0.144 e. The molecule has 0 unspecified atom stereocenters. The van der Waals surface area contributed by atoms with E-state index in [1.807, 2.05) is 13.0 Å². The Morgan fingerprint density at radius 3 is 2.80 bits per heavy atom. The number of fused-ring (bicyclic) bond motifs is 3. The van der Waals surface area contributed by atoms with Crippen LogP contribution in [0, 0.1) is 18.6 Å². The molecule has 2 aliphatic heterocycles. The van der Waals surface area contributed by atoms with E-state index >= 15 is 0 Å². The first-order valence-electron chi connectivity index (χ1n) is 9.80. The van der Waals surface area contributed by atoms with Gasteiger partial charge in [0.2, 0.25) is 0 Å². The standard InChI is InChI=1S/C21H20F2N6O/c1-12-19-20(28-27-12)13-10-17(29-6-3-8-30-9-7-29)24-11-16(13)25-21(26-19)18-14(22)4-2-5-15(18)23/h2,4-5,10-11H,3,6-9H2,1H3,(H,25,26)(H,27,28). The molecule has 0 amide bonds. The average molecular weight is 410 g/mol. The van der Waals surface area contributed by atoms with Gasteiger partial charge in [-0.3, -0.25) is 5.10 Å². The van der Waals surface area contributed by atoms with Crippen molar-refractivity contribution in [1.29, 1.82) is 0 Å². The quantitative estimate of drug-likeness (QED) is 0.672. The second-order valence-corrected chi connectivity index (χ2v) is 7.27. The van der Waals surface area contributed by atoms with Crippen molar-refractivity contribution in [1.82, 2.24) is 15.2 Å². The van der Waals surface area contributed by atoms with E-state index in [2.05, 4.69) is 30.4 Å². The molecule has 2 N–H and O–H groups in total. The number of pyridine rings is 1. The van der Waals surface area contributed by atoms with Gasteiger partial charge in [0, 0.05) is 25.3 Å². The van der Waals surface area contributed by atoms with Gasteiger partial charge in [-0.25, -0.2) is 18.8 Å². The molecule has 3 aromatic rings. The third-order valence-corrected chi connectivity index (χ3v) is 5.28. The van der Waals surface area contributed by atoms with Gasteiger partial charge >= 0.3 is 0 Å². The summed E-state index contributed by atoms with van der Waals surface area (Å²) >= 11 is 0. The number of benzene rings is 1. The summed E-state index contributed by atoms with van der Waals surface area (Å²) in [6.07, 6.45) is 2.58. The highest BCUT2D eigenvalue weighted by atomic mass is 19.1. The van der Waals surface area contributed by atoms with Gasteiger partial charge in [0.05, 0.1) is 29.7 Å². The van der Waals surface area contributed by atoms with Crippen molar-refractivity contribution in [2.75, 3.05) is 36.5 Å². The number of hydrogen-bond acceptors (Lipinski definition) is 6. The van der Waals surface area contributed by atoms with Crippen molar-refractivity contribution in [3.63, 3.8) is 0 Å². The van der Waals surface area contributed by atoms with Gasteiger partial charge in [0.25, 0.3) is 0 Å². The third-order valence-electron chi connectivity index (χ3n) is 5.28. The molecule has 1 saturated heterocycles. The molecule has 7 nitrogen and oxygen atoms in total. The van der Waals surface area contributed by atoms with Crippen LogP contribution in [0.15, 0.2) is 35.5 Å². The van der Waals surface area contributed by atoms with Gasteiger partial charge in [-0.05, 0) is 31.5 Å². The van der Waals surface area contributed by atoms with E-state index < -0.39 is 11.6 Å². The number of aryl methyl sites for hydroxylation is 1. The fourth-order valence-corrected chi connectivity index (χ4v) is 3.75. The van der Waals surface area contributed by atoms with Gasteiger partial charge in [0.1, 0.15) is 34.7 Å². The molecular weight excluding hydrogens is 390 g/mol. The number of rotatable bonds is 2. The summed E-state index contributed by atoms with van der Waals surface area (Å²) in [6, 6.07) is 5.68. The van der Waals surface area contributed by atoms with Crippen LogP contribution >= 0.6 is 0 Å². The van der Waals surface area contributed by atoms with Crippen molar-refractivity contribution < 1.29 is 13.5 Å². The Morgan fingerprint density at radius 2 is 1.97 bits per heavy atom. The van der Waals surface area contributed by atoms with Crippen molar-refractivity contribution in [3.8, 4) is 11.3 Å². The van der Waals surface area contributed by atoms with E-state index in [1.54, 1.807) is 6.20 Å². The molecule has 0 aliphatic carbocycles. The van der Waals surface area contributed by atoms with Crippen molar-refractivity contribution in [2.24, 2.45) is 4.99 Å². The Kier molecular flexibility index (Phi) is 4.66. The molecule has 0 spiro atoms. The summed E-state index contributed by atoms with van der Waals surface area (Å²) in [4.78, 5) is 11.3. The predicted molar refractivity (Wildman–Crippen MR) is 110 cm³/mol. The minimum absolute atomic E-state index is 0.0767. The average Bonchev–Trinajstić information content (AvgIpc) is 2.92. The maximum Gasteiger partial charge on any atom is 0.144 e. The van der Waals surface area contributed by atoms with Crippen LogP contribution in [-0.2, 0) is 4.74 Å². The van der Waals surface area contributed by atoms with Crippen molar-refractivity contribution in [2.45, 2.75) is 13.3 Å². The molecule has 0 atom stereocenters. The lowest BCUT2D eigenvalue weighted by Gasteiger charge is -2.22. The number of H-pyrrole nitrogens is 1. The number of aliphatic imine (C=N–C) groups is 1. The maximum atomic E-state index is 14.5. The molecule has 1 aromatic carbocycles. The molecule has 4 heterocycles. The summed E-state index contributed by atoms with van der Waals surface area (Å²) in [5, 5.41) is 10.4. The lowest BCUT2D eigenvalue weighted by molar-refractivity contribution is 0.152. The first-order chi connectivity index (χ1) is 14.6. The first kappa shape index (κ1) is 18.7. The topological polar surface area (TPSA) is 78.4 Å². The number of anilines is 2. The number of halogens is 2. The normalized spacial score (nSPS) is 16.1. The summed E-state index contributed by atoms with van der Waals surface area (Å²) in [5.41, 5.74) is 2.98. The molecule has 5 rings (SSSR count). The van der Waals surface area contributed by atoms with E-state index in [0.717, 1.165) is 37.5 Å². The monoisotopic (exact) mass is 410 g/mol. The van der Waals surface area contributed by atoms with Crippen molar-refractivity contribution in [3.05, 3.63) is 53.4 Å². The number of amidine groups is 1. The third kappa shape index (κ3) is 3.21. The molecule has 0 saturated carbocycles. The Morgan fingerprint density at radius 1 is 1.13 bits per heavy atom. The minimum Gasteiger partial charge on any atom is -0.380 e. The summed E-state index contributed by atoms with van der Waals surface area (Å²) in [7, 11) is 0. The zero-order chi connectivity index (χ0) is 20.7. The first-order valence-corrected chi connectivity index (χ1v) is 9.80. The van der Waals surface area contributed by atoms with Crippen LogP contribution < -0.4 is 10.2 Å². The number of nitrogens with one attached hydrogen (secondary N) is 2. The summed E-state index contributed by atoms with van der Waals surface area (Å²) in [6.45, 7) is 4.78. The van der Waals surface area contributed by atoms with Crippen LogP contribution in [0.3, 0.4) is 0 Å². The Labute approximate surface area is 171 Å². The highest BCUT2D eigenvalue weighted by Crippen LogP contribution is 2.40. The molecule has 30 heavy (non-hydrogen) atoms. The van der Waals surface area contributed by atoms with Gasteiger partial charge in [-0.2, -0.15) is 5.10 Å². The van der Waals surface area contributed by atoms with E-state index in [9.17, 15) is 8.78 Å². The molecule has 2 aromatic heterocycles. The maximum absolute atomic E-state index is 14.5. The van der Waals surface area contributed by atoms with Gasteiger partial charge in [-0.1, -0.05) is 6.07 Å². The molecule has 0 bridgehead atoms. The summed E-state index contributed by atoms with van der Waals surface area (Å²) < 4.78 is 34.5. The molecule has 9 heteroatoms. The molecular formula is C21H20F2N6O. The van der Waals surface area contributed by atoms with Gasteiger partial charge in [0.15, 0.2) is 0 Å². The van der Waals surface area contributed by atoms with Crippen LogP contribution in [-0.4, -0.2) is 47.3 Å². The lowest BCUT2D eigenvalue weighted by Crippen LogP contribution is -2.27. The number of hydrogen-bond donors (Lipinski definition) is 2. The number of nitrogens with zero attached hydrogens (tertiary/aromatic N) is 4. The Bertz CT molecular complexity index is 1110. The molecule has 1 fully saturated rings. The van der Waals surface area contributed by atoms with E-state index in [1.165, 1.54) is 18.2 Å². The van der Waals surface area contributed by atoms with Gasteiger partial charge < -0.3 is 15.0 Å². The Hall–Kier alpha value is -3.33. The summed E-state index contributed by atoms with van der Waals surface area (Å²) in [5.74, 6) is -0.510. The lowest BCUT2D eigenvalue weighted by atomic mass is 10.1. The van der Waals surface area contributed by atoms with Crippen LogP contribution in [0.5, 0.6) is 0 Å². The SMILES string of the molecule is Cc1[nH]nc2c1N=C(c1c(F)cccc1F)Nc1cnc(N3CCCOCC3)cc1-2. The number of ether oxygens (including phenoxy) is 1. The van der Waals surface area contributed by atoms with Crippen molar-refractivity contribution >= 4 is 23.0 Å². The van der Waals surface area contributed by atoms with Crippen LogP contribution in [0.1, 0.15) is 17.7 Å². The van der Waals surface area contributed by atoms with Crippen LogP contribution in [0.2, 0.25) is 0 Å². The highest BCUT2D eigenvalue weighted by Gasteiger charge is 2.26. The van der Waals surface area contributed by atoms with E-state index in [4.69, 9.17) is 4.74 Å². The Balaban J connectivity index is 1.63. The zero-order valence-electron chi connectivity index (χ0n) is 16.4.